The van der Waals surface area contributed by atoms with Gasteiger partial charge in [-0.05, 0) is 71.8 Å². The molecule has 0 saturated carbocycles. The molecular formula is C50H32N4. The fraction of sp³-hybridized carbons (Fsp3) is 0. The Kier molecular flexibility index (Phi) is 6.82. The van der Waals surface area contributed by atoms with Crippen molar-refractivity contribution >= 4 is 54.5 Å². The van der Waals surface area contributed by atoms with Gasteiger partial charge in [-0.3, -0.25) is 0 Å². The highest BCUT2D eigenvalue weighted by molar-refractivity contribution is 6.11. The van der Waals surface area contributed by atoms with E-state index in [1.807, 2.05) is 6.07 Å². The van der Waals surface area contributed by atoms with Gasteiger partial charge in [0.15, 0.2) is 5.82 Å². The summed E-state index contributed by atoms with van der Waals surface area (Å²) in [5.41, 5.74) is 13.3. The second kappa shape index (κ2) is 12.1. The summed E-state index contributed by atoms with van der Waals surface area (Å²) < 4.78 is 4.70. The van der Waals surface area contributed by atoms with Crippen molar-refractivity contribution in [2.45, 2.75) is 0 Å². The van der Waals surface area contributed by atoms with Gasteiger partial charge in [-0.25, -0.2) is 9.97 Å². The summed E-state index contributed by atoms with van der Waals surface area (Å²) in [4.78, 5) is 10.3. The molecule has 11 aromatic rings. The van der Waals surface area contributed by atoms with Gasteiger partial charge in [-0.15, -0.1) is 0 Å². The van der Waals surface area contributed by atoms with Crippen LogP contribution < -0.4 is 0 Å². The molecule has 0 bridgehead atoms. The van der Waals surface area contributed by atoms with Gasteiger partial charge in [0.2, 0.25) is 0 Å². The molecule has 252 valence electrons. The highest BCUT2D eigenvalue weighted by Gasteiger charge is 2.17. The van der Waals surface area contributed by atoms with Gasteiger partial charge in [-0.2, -0.15) is 0 Å². The highest BCUT2D eigenvalue weighted by Crippen LogP contribution is 2.37. The summed E-state index contributed by atoms with van der Waals surface area (Å²) in [6, 6.07) is 69.0. The number of hydrogen-bond acceptors (Lipinski definition) is 2. The maximum atomic E-state index is 5.26. The lowest BCUT2D eigenvalue weighted by Gasteiger charge is -2.11. The molecule has 8 aromatic carbocycles. The van der Waals surface area contributed by atoms with Crippen molar-refractivity contribution in [1.82, 2.24) is 19.1 Å². The van der Waals surface area contributed by atoms with Crippen molar-refractivity contribution in [3.63, 3.8) is 0 Å². The van der Waals surface area contributed by atoms with Crippen LogP contribution in [-0.2, 0) is 0 Å². The first-order chi connectivity index (χ1) is 26.8. The Morgan fingerprint density at radius 1 is 0.296 bits per heavy atom. The number of benzene rings is 8. The van der Waals surface area contributed by atoms with E-state index in [2.05, 4.69) is 197 Å². The number of fused-ring (bicyclic) bond motifs is 7. The van der Waals surface area contributed by atoms with Crippen molar-refractivity contribution in [2.75, 3.05) is 0 Å². The largest absolute Gasteiger partial charge is 0.309 e. The predicted octanol–water partition coefficient (Wildman–Crippen LogP) is 12.8. The van der Waals surface area contributed by atoms with Crippen LogP contribution in [0.4, 0.5) is 0 Å². The van der Waals surface area contributed by atoms with E-state index in [1.165, 1.54) is 43.6 Å². The molecule has 4 heteroatoms. The zero-order valence-corrected chi connectivity index (χ0v) is 29.3. The first kappa shape index (κ1) is 30.3. The Balaban J connectivity index is 0.972. The fourth-order valence-corrected chi connectivity index (χ4v) is 8.22. The average molecular weight is 689 g/mol. The van der Waals surface area contributed by atoms with Crippen LogP contribution in [0.25, 0.3) is 99.7 Å². The van der Waals surface area contributed by atoms with Crippen LogP contribution in [0.1, 0.15) is 0 Å². The van der Waals surface area contributed by atoms with E-state index in [1.54, 1.807) is 0 Å². The SMILES string of the molecule is c1ccc(-n2c3ccccc3c3cc(-c4nc(-c5ccc(-c6ccc(-n7c8ccccc8c8ccccc87)cc6)cc5)nc5ccccc45)ccc32)cc1. The van der Waals surface area contributed by atoms with Gasteiger partial charge >= 0.3 is 0 Å². The van der Waals surface area contributed by atoms with Gasteiger partial charge in [0.05, 0.1) is 33.3 Å². The topological polar surface area (TPSA) is 35.6 Å². The van der Waals surface area contributed by atoms with E-state index in [0.717, 1.165) is 50.2 Å². The van der Waals surface area contributed by atoms with Crippen LogP contribution in [0.2, 0.25) is 0 Å². The molecule has 0 amide bonds. The summed E-state index contributed by atoms with van der Waals surface area (Å²) in [5.74, 6) is 0.712. The molecule has 3 aromatic heterocycles. The Hall–Kier alpha value is -7.30. The van der Waals surface area contributed by atoms with Crippen LogP contribution in [0.3, 0.4) is 0 Å². The second-order valence-electron chi connectivity index (χ2n) is 13.8. The van der Waals surface area contributed by atoms with E-state index in [9.17, 15) is 0 Å². The lowest BCUT2D eigenvalue weighted by Crippen LogP contribution is -1.96. The molecule has 0 spiro atoms. The van der Waals surface area contributed by atoms with Crippen molar-refractivity contribution in [3.8, 4) is 45.1 Å². The molecule has 4 nitrogen and oxygen atoms in total. The van der Waals surface area contributed by atoms with E-state index in [0.29, 0.717) is 5.82 Å². The number of nitrogens with zero attached hydrogens (tertiary/aromatic N) is 4. The molecule has 0 atom stereocenters. The smallest absolute Gasteiger partial charge is 0.160 e. The number of rotatable bonds is 5. The Morgan fingerprint density at radius 2 is 0.741 bits per heavy atom. The Labute approximate surface area is 311 Å². The molecule has 0 aliphatic heterocycles. The quantitative estimate of drug-likeness (QED) is 0.180. The third-order valence-electron chi connectivity index (χ3n) is 10.7. The minimum Gasteiger partial charge on any atom is -0.309 e. The Bertz CT molecular complexity index is 3140. The van der Waals surface area contributed by atoms with Crippen molar-refractivity contribution in [1.29, 1.82) is 0 Å². The van der Waals surface area contributed by atoms with E-state index in [4.69, 9.17) is 9.97 Å². The summed E-state index contributed by atoms with van der Waals surface area (Å²) in [6.07, 6.45) is 0. The van der Waals surface area contributed by atoms with Crippen LogP contribution in [0.5, 0.6) is 0 Å². The molecule has 0 fully saturated rings. The number of para-hydroxylation sites is 5. The summed E-state index contributed by atoms with van der Waals surface area (Å²) >= 11 is 0. The molecule has 0 radical (unpaired) electrons. The van der Waals surface area contributed by atoms with Gasteiger partial charge in [-0.1, -0.05) is 133 Å². The van der Waals surface area contributed by atoms with Crippen LogP contribution in [-0.4, -0.2) is 19.1 Å². The van der Waals surface area contributed by atoms with Crippen molar-refractivity contribution in [3.05, 3.63) is 194 Å². The normalized spacial score (nSPS) is 11.7. The molecule has 3 heterocycles. The number of hydrogen-bond donors (Lipinski definition) is 0. The zero-order chi connectivity index (χ0) is 35.6. The van der Waals surface area contributed by atoms with Gasteiger partial charge in [0, 0.05) is 49.4 Å². The fourth-order valence-electron chi connectivity index (χ4n) is 8.22. The maximum Gasteiger partial charge on any atom is 0.160 e. The molecule has 0 aliphatic rings. The first-order valence-corrected chi connectivity index (χ1v) is 18.3. The maximum absolute atomic E-state index is 5.26. The highest BCUT2D eigenvalue weighted by atomic mass is 15.0. The average Bonchev–Trinajstić information content (AvgIpc) is 3.76. The summed E-state index contributed by atoms with van der Waals surface area (Å²) in [7, 11) is 0. The standard InChI is InChI=1S/C50H32N4/c1-2-12-37(13-3-1)53-47-21-11-7-16-41(47)43-32-36(28-31-48(43)53)49-42-17-4-8-18-44(42)51-50(52-49)35-24-22-33(23-25-35)34-26-29-38(30-27-34)54-45-19-9-5-14-39(45)40-15-6-10-20-46(40)54/h1-32H. The molecule has 0 unspecified atom stereocenters. The molecular weight excluding hydrogens is 657 g/mol. The van der Waals surface area contributed by atoms with E-state index >= 15 is 0 Å². The molecule has 54 heavy (non-hydrogen) atoms. The third kappa shape index (κ3) is 4.78. The second-order valence-corrected chi connectivity index (χ2v) is 13.8. The van der Waals surface area contributed by atoms with Crippen LogP contribution in [0.15, 0.2) is 194 Å². The van der Waals surface area contributed by atoms with E-state index < -0.39 is 0 Å². The minimum absolute atomic E-state index is 0.712. The molecule has 0 N–H and O–H groups in total. The third-order valence-corrected chi connectivity index (χ3v) is 10.7. The molecule has 0 aliphatic carbocycles. The zero-order valence-electron chi connectivity index (χ0n) is 29.3. The summed E-state index contributed by atoms with van der Waals surface area (Å²) in [5, 5.41) is 5.98. The molecule has 11 rings (SSSR count). The van der Waals surface area contributed by atoms with Crippen molar-refractivity contribution in [2.24, 2.45) is 0 Å². The molecule has 0 saturated heterocycles. The number of aromatic nitrogens is 4. The lowest BCUT2D eigenvalue weighted by molar-refractivity contribution is 1.18. The van der Waals surface area contributed by atoms with Gasteiger partial charge in [0.1, 0.15) is 0 Å². The van der Waals surface area contributed by atoms with Crippen LogP contribution in [0, 0.1) is 0 Å². The monoisotopic (exact) mass is 688 g/mol. The first-order valence-electron chi connectivity index (χ1n) is 18.3. The Morgan fingerprint density at radius 3 is 1.37 bits per heavy atom. The lowest BCUT2D eigenvalue weighted by atomic mass is 10.0. The summed E-state index contributed by atoms with van der Waals surface area (Å²) in [6.45, 7) is 0. The van der Waals surface area contributed by atoms with Crippen LogP contribution >= 0.6 is 0 Å². The van der Waals surface area contributed by atoms with Gasteiger partial charge < -0.3 is 9.13 Å². The van der Waals surface area contributed by atoms with E-state index in [-0.39, 0.29) is 0 Å². The van der Waals surface area contributed by atoms with Crippen molar-refractivity contribution < 1.29 is 0 Å². The minimum atomic E-state index is 0.712. The van der Waals surface area contributed by atoms with Gasteiger partial charge in [0.25, 0.3) is 0 Å². The predicted molar refractivity (Wildman–Crippen MR) is 225 cm³/mol.